The van der Waals surface area contributed by atoms with Gasteiger partial charge in [-0.15, -0.1) is 0 Å². The number of carbonyl (C=O) groups is 4. The van der Waals surface area contributed by atoms with E-state index in [4.69, 9.17) is 0 Å². The van der Waals surface area contributed by atoms with Crippen LogP contribution in [0.3, 0.4) is 0 Å². The Morgan fingerprint density at radius 2 is 1.04 bits per heavy atom. The molecule has 0 rings (SSSR count). The third kappa shape index (κ3) is 5.71. The number of hydrogen-bond acceptors (Lipinski definition) is 8. The molecule has 0 aromatic carbocycles. The largest absolute Gasteiger partial charge is 0.468 e. The Bertz CT molecular complexity index is 542. The van der Waals surface area contributed by atoms with Crippen molar-refractivity contribution in [1.29, 1.82) is 0 Å². The van der Waals surface area contributed by atoms with Gasteiger partial charge in [0, 0.05) is 24.7 Å². The zero-order chi connectivity index (χ0) is 17.9. The van der Waals surface area contributed by atoms with Gasteiger partial charge in [-0.1, -0.05) is 11.8 Å². The highest BCUT2D eigenvalue weighted by Crippen LogP contribution is 2.29. The molecule has 124 valence electrons. The summed E-state index contributed by atoms with van der Waals surface area (Å²) in [4.78, 5) is 46.1. The summed E-state index contributed by atoms with van der Waals surface area (Å²) in [5, 5.41) is 0. The lowest BCUT2D eigenvalue weighted by Crippen LogP contribution is -2.41. The maximum absolute atomic E-state index is 12.0. The van der Waals surface area contributed by atoms with E-state index in [-0.39, 0.29) is 0 Å². The van der Waals surface area contributed by atoms with E-state index in [0.29, 0.717) is 0 Å². The van der Waals surface area contributed by atoms with E-state index < -0.39 is 42.1 Å². The smallest absolute Gasteiger partial charge is 0.384 e. The summed E-state index contributed by atoms with van der Waals surface area (Å²) < 4.78 is 17.9. The van der Waals surface area contributed by atoms with Crippen molar-refractivity contribution < 1.29 is 38.1 Å². The van der Waals surface area contributed by atoms with Crippen molar-refractivity contribution >= 4 is 23.9 Å². The number of esters is 4. The van der Waals surface area contributed by atoms with Gasteiger partial charge in [-0.3, -0.25) is 9.59 Å². The number of carbonyl (C=O) groups excluding carboxylic acids is 4. The fourth-order valence-electron chi connectivity index (χ4n) is 1.46. The first-order valence-corrected chi connectivity index (χ1v) is 6.18. The Morgan fingerprint density at radius 1 is 0.696 bits per heavy atom. The van der Waals surface area contributed by atoms with Gasteiger partial charge >= 0.3 is 23.9 Å². The van der Waals surface area contributed by atoms with Gasteiger partial charge in [0.15, 0.2) is 5.41 Å². The van der Waals surface area contributed by atoms with E-state index in [9.17, 15) is 19.2 Å². The van der Waals surface area contributed by atoms with Gasteiger partial charge in [-0.05, 0) is 0 Å². The molecular weight excluding hydrogens is 308 g/mol. The highest BCUT2D eigenvalue weighted by Gasteiger charge is 2.47. The molecule has 0 saturated carbocycles. The van der Waals surface area contributed by atoms with Crippen molar-refractivity contribution in [3.63, 3.8) is 0 Å². The summed E-state index contributed by atoms with van der Waals surface area (Å²) in [5.74, 6) is 5.29. The second-order valence-electron chi connectivity index (χ2n) is 4.01. The van der Waals surface area contributed by atoms with Gasteiger partial charge in [0.2, 0.25) is 0 Å². The van der Waals surface area contributed by atoms with Gasteiger partial charge in [0.1, 0.15) is 0 Å². The molecule has 0 N–H and O–H groups in total. The Labute approximate surface area is 133 Å². The molecule has 0 unspecified atom stereocenters. The minimum Gasteiger partial charge on any atom is -0.468 e. The standard InChI is InChI=1S/C15H16O8/c1-20-11(16)7-5-9-15(13(18)22-3,14(19)23-4)10-6-8-12(17)21-2/h9-10H2,1-4H3. The summed E-state index contributed by atoms with van der Waals surface area (Å²) in [5.41, 5.74) is -1.90. The van der Waals surface area contributed by atoms with Crippen LogP contribution in [0.15, 0.2) is 0 Å². The summed E-state index contributed by atoms with van der Waals surface area (Å²) in [6.07, 6.45) is -0.811. The quantitative estimate of drug-likeness (QED) is 0.223. The van der Waals surface area contributed by atoms with Crippen molar-refractivity contribution in [2.45, 2.75) is 12.8 Å². The predicted molar refractivity (Wildman–Crippen MR) is 75.3 cm³/mol. The summed E-state index contributed by atoms with van der Waals surface area (Å²) in [6.45, 7) is 0. The topological polar surface area (TPSA) is 105 Å². The highest BCUT2D eigenvalue weighted by atomic mass is 16.5. The number of rotatable bonds is 4. The monoisotopic (exact) mass is 324 g/mol. The summed E-state index contributed by atoms with van der Waals surface area (Å²) in [7, 11) is 4.41. The molecule has 0 aromatic heterocycles. The van der Waals surface area contributed by atoms with Gasteiger partial charge in [-0.2, -0.15) is 0 Å². The second kappa shape index (κ2) is 9.85. The van der Waals surface area contributed by atoms with Crippen LogP contribution in [0.25, 0.3) is 0 Å². The predicted octanol–water partition coefficient (Wildman–Crippen LogP) is -0.548. The van der Waals surface area contributed by atoms with E-state index in [1.165, 1.54) is 0 Å². The molecule has 23 heavy (non-hydrogen) atoms. The van der Waals surface area contributed by atoms with Crippen LogP contribution >= 0.6 is 0 Å². The van der Waals surface area contributed by atoms with Crippen LogP contribution in [0, 0.1) is 29.1 Å². The van der Waals surface area contributed by atoms with Gasteiger partial charge in [-0.25, -0.2) is 9.59 Å². The van der Waals surface area contributed by atoms with Crippen LogP contribution < -0.4 is 0 Å². The zero-order valence-corrected chi connectivity index (χ0v) is 13.2. The molecule has 0 aliphatic carbocycles. The van der Waals surface area contributed by atoms with E-state index >= 15 is 0 Å². The number of methoxy groups -OCH3 is 4. The molecular formula is C15H16O8. The van der Waals surface area contributed by atoms with Crippen molar-refractivity contribution in [2.24, 2.45) is 5.41 Å². The molecule has 0 fully saturated rings. The van der Waals surface area contributed by atoms with Crippen LogP contribution in [0.1, 0.15) is 12.8 Å². The molecule has 0 radical (unpaired) electrons. The highest BCUT2D eigenvalue weighted by molar-refractivity contribution is 6.01. The SMILES string of the molecule is COC(=O)C#CCC(CC#CC(=O)OC)(C(=O)OC)C(=O)OC. The molecule has 0 aromatic rings. The maximum atomic E-state index is 12.0. The first-order chi connectivity index (χ1) is 10.9. The molecule has 0 amide bonds. The fraction of sp³-hybridized carbons (Fsp3) is 0.467. The van der Waals surface area contributed by atoms with Crippen molar-refractivity contribution in [1.82, 2.24) is 0 Å². The first-order valence-electron chi connectivity index (χ1n) is 6.18. The Kier molecular flexibility index (Phi) is 8.56. The van der Waals surface area contributed by atoms with Gasteiger partial charge in [0.05, 0.1) is 28.4 Å². The lowest BCUT2D eigenvalue weighted by molar-refractivity contribution is -0.168. The second-order valence-corrected chi connectivity index (χ2v) is 4.01. The Morgan fingerprint density at radius 3 is 1.30 bits per heavy atom. The molecule has 0 spiro atoms. The van der Waals surface area contributed by atoms with Gasteiger partial charge < -0.3 is 18.9 Å². The molecule has 0 bridgehead atoms. The van der Waals surface area contributed by atoms with E-state index in [2.05, 4.69) is 42.6 Å². The molecule has 8 nitrogen and oxygen atoms in total. The average Bonchev–Trinajstić information content (AvgIpc) is 2.58. The molecule has 0 heterocycles. The third-order valence-electron chi connectivity index (χ3n) is 2.68. The summed E-state index contributed by atoms with van der Waals surface area (Å²) in [6, 6.07) is 0. The maximum Gasteiger partial charge on any atom is 0.384 e. The summed E-state index contributed by atoms with van der Waals surface area (Å²) >= 11 is 0. The lowest BCUT2D eigenvalue weighted by Gasteiger charge is -2.23. The van der Waals surface area contributed by atoms with E-state index in [0.717, 1.165) is 28.4 Å². The normalized spacial score (nSPS) is 9.22. The Balaban J connectivity index is 5.66. The van der Waals surface area contributed by atoms with Crippen LogP contribution in [0.4, 0.5) is 0 Å². The molecule has 0 aliphatic rings. The zero-order valence-electron chi connectivity index (χ0n) is 13.2. The molecule has 0 atom stereocenters. The van der Waals surface area contributed by atoms with Crippen LogP contribution in [0.5, 0.6) is 0 Å². The van der Waals surface area contributed by atoms with Crippen LogP contribution in [0.2, 0.25) is 0 Å². The third-order valence-corrected chi connectivity index (χ3v) is 2.68. The first kappa shape index (κ1) is 20.0. The minimum atomic E-state index is -1.90. The van der Waals surface area contributed by atoms with Crippen LogP contribution in [-0.2, 0) is 38.1 Å². The van der Waals surface area contributed by atoms with Crippen molar-refractivity contribution in [3.8, 4) is 23.7 Å². The fourth-order valence-corrected chi connectivity index (χ4v) is 1.46. The Hall–Kier alpha value is -3.00. The number of ether oxygens (including phenoxy) is 4. The van der Waals surface area contributed by atoms with E-state index in [1.807, 2.05) is 0 Å². The van der Waals surface area contributed by atoms with E-state index in [1.54, 1.807) is 0 Å². The molecule has 0 aliphatic heterocycles. The number of hydrogen-bond donors (Lipinski definition) is 0. The minimum absolute atomic E-state index is 0.405. The van der Waals surface area contributed by atoms with Crippen molar-refractivity contribution in [2.75, 3.05) is 28.4 Å². The lowest BCUT2D eigenvalue weighted by atomic mass is 9.81. The average molecular weight is 324 g/mol. The molecule has 8 heteroatoms. The van der Waals surface area contributed by atoms with Crippen molar-refractivity contribution in [3.05, 3.63) is 0 Å². The molecule has 0 saturated heterocycles. The van der Waals surface area contributed by atoms with Gasteiger partial charge in [0.25, 0.3) is 0 Å². The van der Waals surface area contributed by atoms with Crippen LogP contribution in [-0.4, -0.2) is 52.3 Å².